The van der Waals surface area contributed by atoms with Gasteiger partial charge in [0.05, 0.1) is 13.1 Å². The Morgan fingerprint density at radius 3 is 3.00 bits per heavy atom. The maximum Gasteiger partial charge on any atom is 0.192 e. The van der Waals surface area contributed by atoms with Crippen molar-refractivity contribution in [2.45, 2.75) is 13.5 Å². The second-order valence-corrected chi connectivity index (χ2v) is 2.74. The Balaban J connectivity index is 0.00000225. The van der Waals surface area contributed by atoms with Crippen molar-refractivity contribution in [3.8, 4) is 12.3 Å². The van der Waals surface area contributed by atoms with Gasteiger partial charge < -0.3 is 15.2 Å². The van der Waals surface area contributed by atoms with Gasteiger partial charge in [0, 0.05) is 12.6 Å². The molecular weight excluding hydrogens is 319 g/mol. The van der Waals surface area contributed by atoms with Crippen LogP contribution in [0, 0.1) is 12.3 Å². The topological polar surface area (TPSA) is 62.5 Å². The number of nitrogens with zero attached hydrogens (tertiary/aromatic N) is 2. The lowest BCUT2D eigenvalue weighted by Crippen LogP contribution is -2.37. The third-order valence-corrected chi connectivity index (χ3v) is 1.59. The molecule has 0 fully saturated rings. The molecule has 6 heteroatoms. The van der Waals surface area contributed by atoms with Crippen LogP contribution in [0.4, 0.5) is 0 Å². The minimum Gasteiger partial charge on any atom is -0.364 e. The van der Waals surface area contributed by atoms with E-state index in [1.54, 1.807) is 6.07 Å². The van der Waals surface area contributed by atoms with Gasteiger partial charge in [-0.15, -0.1) is 30.4 Å². The number of aliphatic imine (C=N–C) groups is 1. The first-order chi connectivity index (χ1) is 7.36. The van der Waals surface area contributed by atoms with Crippen LogP contribution >= 0.6 is 24.0 Å². The molecule has 5 nitrogen and oxygen atoms in total. The third-order valence-electron chi connectivity index (χ3n) is 1.59. The van der Waals surface area contributed by atoms with E-state index in [1.807, 2.05) is 6.92 Å². The number of rotatable bonds is 4. The van der Waals surface area contributed by atoms with Gasteiger partial charge in [0.1, 0.15) is 12.0 Å². The number of nitrogens with one attached hydrogen (secondary N) is 2. The van der Waals surface area contributed by atoms with Gasteiger partial charge in [-0.05, 0) is 6.92 Å². The van der Waals surface area contributed by atoms with Crippen molar-refractivity contribution in [1.82, 2.24) is 15.8 Å². The minimum atomic E-state index is 0. The molecular formula is C10H15IN4O. The number of terminal acetylenes is 1. The Hall–Kier alpha value is -1.23. The Bertz CT molecular complexity index is 342. The lowest BCUT2D eigenvalue weighted by Gasteiger charge is -2.07. The van der Waals surface area contributed by atoms with Gasteiger partial charge in [-0.25, -0.2) is 4.99 Å². The quantitative estimate of drug-likeness (QED) is 0.373. The fourth-order valence-corrected chi connectivity index (χ4v) is 0.956. The molecule has 0 saturated heterocycles. The van der Waals surface area contributed by atoms with E-state index in [2.05, 4.69) is 26.7 Å². The van der Waals surface area contributed by atoms with Crippen molar-refractivity contribution in [3.63, 3.8) is 0 Å². The second-order valence-electron chi connectivity index (χ2n) is 2.74. The van der Waals surface area contributed by atoms with E-state index in [0.29, 0.717) is 19.0 Å². The summed E-state index contributed by atoms with van der Waals surface area (Å²) < 4.78 is 4.70. The highest BCUT2D eigenvalue weighted by atomic mass is 127. The summed E-state index contributed by atoms with van der Waals surface area (Å²) in [6.45, 7) is 3.69. The summed E-state index contributed by atoms with van der Waals surface area (Å²) in [6.07, 6.45) is 6.66. The molecule has 0 spiro atoms. The second kappa shape index (κ2) is 9.03. The molecule has 1 heterocycles. The van der Waals surface area contributed by atoms with Crippen LogP contribution < -0.4 is 10.6 Å². The number of halogens is 1. The molecule has 0 unspecified atom stereocenters. The van der Waals surface area contributed by atoms with E-state index >= 15 is 0 Å². The number of hydrogen-bond donors (Lipinski definition) is 2. The van der Waals surface area contributed by atoms with E-state index in [0.717, 1.165) is 12.2 Å². The smallest absolute Gasteiger partial charge is 0.192 e. The van der Waals surface area contributed by atoms with Crippen molar-refractivity contribution in [1.29, 1.82) is 0 Å². The van der Waals surface area contributed by atoms with Crippen LogP contribution in [-0.2, 0) is 6.54 Å². The Labute approximate surface area is 112 Å². The molecule has 0 aliphatic carbocycles. The highest BCUT2D eigenvalue weighted by Crippen LogP contribution is 1.95. The third kappa shape index (κ3) is 5.60. The highest BCUT2D eigenvalue weighted by molar-refractivity contribution is 14.0. The lowest BCUT2D eigenvalue weighted by atomic mass is 10.4. The predicted octanol–water partition coefficient (Wildman–Crippen LogP) is 0.981. The first-order valence-corrected chi connectivity index (χ1v) is 4.71. The molecule has 2 N–H and O–H groups in total. The lowest BCUT2D eigenvalue weighted by molar-refractivity contribution is 0.412. The van der Waals surface area contributed by atoms with Crippen LogP contribution in [-0.4, -0.2) is 24.2 Å². The van der Waals surface area contributed by atoms with Gasteiger partial charge in [0.2, 0.25) is 0 Å². The largest absolute Gasteiger partial charge is 0.364 e. The van der Waals surface area contributed by atoms with Gasteiger partial charge in [0.25, 0.3) is 0 Å². The van der Waals surface area contributed by atoms with Crippen LogP contribution in [0.3, 0.4) is 0 Å². The predicted molar refractivity (Wildman–Crippen MR) is 73.6 cm³/mol. The van der Waals surface area contributed by atoms with Crippen LogP contribution in [0.25, 0.3) is 0 Å². The van der Waals surface area contributed by atoms with E-state index in [-0.39, 0.29) is 24.0 Å². The maximum absolute atomic E-state index is 5.14. The highest BCUT2D eigenvalue weighted by Gasteiger charge is 1.97. The average Bonchev–Trinajstić information content (AvgIpc) is 2.75. The number of hydrogen-bond acceptors (Lipinski definition) is 3. The van der Waals surface area contributed by atoms with Gasteiger partial charge in [-0.3, -0.25) is 0 Å². The summed E-state index contributed by atoms with van der Waals surface area (Å²) in [5, 5.41) is 9.79. The van der Waals surface area contributed by atoms with Gasteiger partial charge >= 0.3 is 0 Å². The molecule has 1 rings (SSSR count). The van der Waals surface area contributed by atoms with Gasteiger partial charge in [0.15, 0.2) is 5.96 Å². The summed E-state index contributed by atoms with van der Waals surface area (Å²) in [5.74, 6) is 3.16. The summed E-state index contributed by atoms with van der Waals surface area (Å²) in [7, 11) is 0. The zero-order valence-corrected chi connectivity index (χ0v) is 11.4. The first-order valence-electron chi connectivity index (χ1n) is 4.71. The van der Waals surface area contributed by atoms with Crippen LogP contribution in [0.2, 0.25) is 0 Å². The summed E-state index contributed by atoms with van der Waals surface area (Å²) in [4.78, 5) is 4.27. The zero-order valence-electron chi connectivity index (χ0n) is 9.06. The maximum atomic E-state index is 5.14. The Morgan fingerprint density at radius 1 is 1.62 bits per heavy atom. The molecule has 1 aromatic rings. The number of guanidine groups is 1. The summed E-state index contributed by atoms with van der Waals surface area (Å²) in [6, 6.07) is 1.77. The first kappa shape index (κ1) is 14.8. The van der Waals surface area contributed by atoms with Crippen molar-refractivity contribution < 1.29 is 4.52 Å². The summed E-state index contributed by atoms with van der Waals surface area (Å²) in [5.41, 5.74) is 0.785. The molecule has 0 saturated carbocycles. The standard InChI is InChI=1S/C10H14N4O.HI/c1-3-6-12-10(11-4-2)13-8-9-5-7-15-14-9;/h1,5,7H,4,6,8H2,2H3,(H2,11,12,13);1H. The van der Waals surface area contributed by atoms with E-state index in [1.165, 1.54) is 6.26 Å². The molecule has 88 valence electrons. The van der Waals surface area contributed by atoms with Crippen molar-refractivity contribution in [3.05, 3.63) is 18.0 Å². The van der Waals surface area contributed by atoms with Gasteiger partial charge in [-0.1, -0.05) is 11.1 Å². The molecule has 0 atom stereocenters. The zero-order chi connectivity index (χ0) is 10.9. The molecule has 0 radical (unpaired) electrons. The fourth-order valence-electron chi connectivity index (χ4n) is 0.956. The normalized spacial score (nSPS) is 10.1. The Morgan fingerprint density at radius 2 is 2.44 bits per heavy atom. The van der Waals surface area contributed by atoms with Crippen molar-refractivity contribution in [2.75, 3.05) is 13.1 Å². The van der Waals surface area contributed by atoms with Crippen molar-refractivity contribution in [2.24, 2.45) is 4.99 Å². The fraction of sp³-hybridized carbons (Fsp3) is 0.400. The Kier molecular flexibility index (Phi) is 8.34. The summed E-state index contributed by atoms with van der Waals surface area (Å²) >= 11 is 0. The minimum absolute atomic E-state index is 0. The molecule has 16 heavy (non-hydrogen) atoms. The SMILES string of the molecule is C#CCNC(=NCc1ccon1)NCC.I. The van der Waals surface area contributed by atoms with E-state index < -0.39 is 0 Å². The van der Waals surface area contributed by atoms with E-state index in [4.69, 9.17) is 10.9 Å². The molecule has 0 aliphatic rings. The molecule has 0 aliphatic heterocycles. The number of aromatic nitrogens is 1. The van der Waals surface area contributed by atoms with Crippen LogP contribution in [0.1, 0.15) is 12.6 Å². The molecule has 0 aromatic carbocycles. The van der Waals surface area contributed by atoms with Gasteiger partial charge in [-0.2, -0.15) is 0 Å². The monoisotopic (exact) mass is 334 g/mol. The molecule has 1 aromatic heterocycles. The molecule has 0 bridgehead atoms. The average molecular weight is 334 g/mol. The van der Waals surface area contributed by atoms with Crippen LogP contribution in [0.15, 0.2) is 21.8 Å². The molecule has 0 amide bonds. The van der Waals surface area contributed by atoms with Crippen molar-refractivity contribution >= 4 is 29.9 Å². The van der Waals surface area contributed by atoms with E-state index in [9.17, 15) is 0 Å². The van der Waals surface area contributed by atoms with Crippen LogP contribution in [0.5, 0.6) is 0 Å².